The Morgan fingerprint density at radius 1 is 0.881 bits per heavy atom. The molecule has 1 aliphatic heterocycles. The van der Waals surface area contributed by atoms with E-state index in [0.29, 0.717) is 31.3 Å². The molecule has 3 amide bonds. The number of hydrogen-bond donors (Lipinski definition) is 1. The molecular formula is C35H49N3O4. The SMILES string of the molecule is CC(C)(C)[C@@H](C(=O)N1CCC(Cc2ccccc2)CC1)N(CNC(=O)OCc1ccccc1)C(=O)CCC1CCCC1. The van der Waals surface area contributed by atoms with Crippen molar-refractivity contribution in [1.82, 2.24) is 15.1 Å². The quantitative estimate of drug-likeness (QED) is 0.308. The zero-order valence-corrected chi connectivity index (χ0v) is 25.7. The molecule has 2 aliphatic rings. The number of amides is 3. The third-order valence-corrected chi connectivity index (χ3v) is 8.83. The Hall–Kier alpha value is -3.35. The average Bonchev–Trinajstić information content (AvgIpc) is 3.51. The summed E-state index contributed by atoms with van der Waals surface area (Å²) < 4.78 is 5.42. The van der Waals surface area contributed by atoms with Crippen molar-refractivity contribution in [2.75, 3.05) is 19.8 Å². The third kappa shape index (κ3) is 9.33. The van der Waals surface area contributed by atoms with E-state index < -0.39 is 17.6 Å². The summed E-state index contributed by atoms with van der Waals surface area (Å²) in [5.74, 6) is 0.980. The van der Waals surface area contributed by atoms with Crippen LogP contribution in [-0.4, -0.2) is 53.5 Å². The number of piperidine rings is 1. The van der Waals surface area contributed by atoms with Gasteiger partial charge in [-0.25, -0.2) is 4.79 Å². The highest BCUT2D eigenvalue weighted by atomic mass is 16.5. The minimum atomic E-state index is -0.686. The van der Waals surface area contributed by atoms with Crippen molar-refractivity contribution in [3.05, 3.63) is 71.8 Å². The van der Waals surface area contributed by atoms with Crippen molar-refractivity contribution >= 4 is 17.9 Å². The van der Waals surface area contributed by atoms with Crippen LogP contribution in [0.1, 0.15) is 83.3 Å². The van der Waals surface area contributed by atoms with E-state index in [2.05, 4.69) is 29.6 Å². The van der Waals surface area contributed by atoms with Gasteiger partial charge in [-0.1, -0.05) is 107 Å². The van der Waals surface area contributed by atoms with Crippen LogP contribution in [-0.2, 0) is 27.4 Å². The number of likely N-dealkylation sites (tertiary alicyclic amines) is 1. The molecule has 0 unspecified atom stereocenters. The van der Waals surface area contributed by atoms with Crippen molar-refractivity contribution in [3.8, 4) is 0 Å². The summed E-state index contributed by atoms with van der Waals surface area (Å²) in [6, 6.07) is 19.3. The number of carbonyl (C=O) groups is 3. The number of alkyl carbamates (subject to hydrolysis) is 1. The Morgan fingerprint density at radius 3 is 2.07 bits per heavy atom. The number of benzene rings is 2. The van der Waals surface area contributed by atoms with Crippen LogP contribution in [0.2, 0.25) is 0 Å². The second-order valence-electron chi connectivity index (χ2n) is 13.2. The highest BCUT2D eigenvalue weighted by Gasteiger charge is 2.42. The van der Waals surface area contributed by atoms with Crippen molar-refractivity contribution in [2.24, 2.45) is 17.3 Å². The van der Waals surface area contributed by atoms with Gasteiger partial charge in [-0.05, 0) is 54.1 Å². The van der Waals surface area contributed by atoms with E-state index in [1.54, 1.807) is 4.90 Å². The standard InChI is InChI=1S/C35H49N3O4/c1-35(2,3)32(33(40)37-22-20-29(21-23-37)24-28-14-6-4-7-15-28)38(31(39)19-18-27-12-10-11-13-27)26-36-34(41)42-25-30-16-8-5-9-17-30/h4-9,14-17,27,29,32H,10-13,18-26H2,1-3H3,(H,36,41)/t32-/m1/s1. The molecule has 1 aliphatic carbocycles. The fourth-order valence-corrected chi connectivity index (χ4v) is 6.47. The molecule has 42 heavy (non-hydrogen) atoms. The van der Waals surface area contributed by atoms with Crippen molar-refractivity contribution < 1.29 is 19.1 Å². The molecule has 2 aromatic rings. The molecule has 7 heteroatoms. The molecule has 228 valence electrons. The summed E-state index contributed by atoms with van der Waals surface area (Å²) in [6.45, 7) is 7.45. The van der Waals surface area contributed by atoms with Gasteiger partial charge < -0.3 is 19.9 Å². The largest absolute Gasteiger partial charge is 0.445 e. The predicted molar refractivity (Wildman–Crippen MR) is 165 cm³/mol. The van der Waals surface area contributed by atoms with Gasteiger partial charge in [0.1, 0.15) is 12.6 Å². The van der Waals surface area contributed by atoms with Crippen LogP contribution in [0.5, 0.6) is 0 Å². The van der Waals surface area contributed by atoms with Crippen LogP contribution in [0.15, 0.2) is 60.7 Å². The first-order valence-electron chi connectivity index (χ1n) is 15.8. The maximum absolute atomic E-state index is 14.2. The molecule has 1 N–H and O–H groups in total. The van der Waals surface area contributed by atoms with Crippen molar-refractivity contribution in [1.29, 1.82) is 0 Å². The molecule has 2 aromatic carbocycles. The van der Waals surface area contributed by atoms with Crippen LogP contribution in [0, 0.1) is 17.3 Å². The maximum atomic E-state index is 14.2. The van der Waals surface area contributed by atoms with Gasteiger partial charge >= 0.3 is 6.09 Å². The fraction of sp³-hybridized carbons (Fsp3) is 0.571. The lowest BCUT2D eigenvalue weighted by Gasteiger charge is -2.43. The van der Waals surface area contributed by atoms with Crippen LogP contribution in [0.4, 0.5) is 4.79 Å². The fourth-order valence-electron chi connectivity index (χ4n) is 6.47. The van der Waals surface area contributed by atoms with Crippen LogP contribution >= 0.6 is 0 Å². The Labute approximate surface area is 252 Å². The zero-order valence-electron chi connectivity index (χ0n) is 25.7. The molecular weight excluding hydrogens is 526 g/mol. The second kappa shape index (κ2) is 15.2. The van der Waals surface area contributed by atoms with Crippen LogP contribution in [0.3, 0.4) is 0 Å². The van der Waals surface area contributed by atoms with Gasteiger partial charge in [0.25, 0.3) is 0 Å². The zero-order chi connectivity index (χ0) is 30.0. The van der Waals surface area contributed by atoms with E-state index >= 15 is 0 Å². The summed E-state index contributed by atoms with van der Waals surface area (Å²) >= 11 is 0. The third-order valence-electron chi connectivity index (χ3n) is 8.83. The number of carbonyl (C=O) groups excluding carboxylic acids is 3. The minimum absolute atomic E-state index is 0.0330. The van der Waals surface area contributed by atoms with Crippen molar-refractivity contribution in [3.63, 3.8) is 0 Å². The predicted octanol–water partition coefficient (Wildman–Crippen LogP) is 6.57. The maximum Gasteiger partial charge on any atom is 0.408 e. The van der Waals surface area contributed by atoms with E-state index in [9.17, 15) is 14.4 Å². The van der Waals surface area contributed by atoms with Gasteiger partial charge in [0, 0.05) is 19.5 Å². The van der Waals surface area contributed by atoms with Gasteiger partial charge in [0.15, 0.2) is 0 Å². The first kappa shape index (κ1) is 31.6. The molecule has 0 bridgehead atoms. The number of hydrogen-bond acceptors (Lipinski definition) is 4. The average molecular weight is 576 g/mol. The van der Waals surface area contributed by atoms with Gasteiger partial charge in [-0.15, -0.1) is 0 Å². The summed E-state index contributed by atoms with van der Waals surface area (Å²) in [5, 5.41) is 2.78. The molecule has 0 radical (unpaired) electrons. The van der Waals surface area contributed by atoms with Gasteiger partial charge in [-0.2, -0.15) is 0 Å². The summed E-state index contributed by atoms with van der Waals surface area (Å²) in [6.07, 6.45) is 8.28. The smallest absolute Gasteiger partial charge is 0.408 e. The normalized spacial score (nSPS) is 17.1. The number of nitrogens with one attached hydrogen (secondary N) is 1. The Morgan fingerprint density at radius 2 is 1.48 bits per heavy atom. The highest BCUT2D eigenvalue weighted by Crippen LogP contribution is 2.32. The first-order chi connectivity index (χ1) is 20.2. The number of rotatable bonds is 11. The molecule has 2 fully saturated rings. The summed E-state index contributed by atoms with van der Waals surface area (Å²) in [7, 11) is 0. The molecule has 1 saturated heterocycles. The van der Waals surface area contributed by atoms with E-state index in [-0.39, 0.29) is 25.1 Å². The van der Waals surface area contributed by atoms with E-state index in [1.165, 1.54) is 18.4 Å². The Balaban J connectivity index is 1.42. The number of nitrogens with zero attached hydrogens (tertiary/aromatic N) is 2. The molecule has 0 spiro atoms. The summed E-state index contributed by atoms with van der Waals surface area (Å²) in [4.78, 5) is 44.2. The lowest BCUT2D eigenvalue weighted by Crippen LogP contribution is -2.60. The van der Waals surface area contributed by atoms with E-state index in [4.69, 9.17) is 4.74 Å². The molecule has 1 heterocycles. The van der Waals surface area contributed by atoms with Gasteiger partial charge in [0.05, 0.1) is 6.67 Å². The van der Waals surface area contributed by atoms with Crippen LogP contribution < -0.4 is 5.32 Å². The lowest BCUT2D eigenvalue weighted by molar-refractivity contribution is -0.152. The van der Waals surface area contributed by atoms with Crippen molar-refractivity contribution in [2.45, 2.75) is 91.2 Å². The molecule has 4 rings (SSSR count). The first-order valence-corrected chi connectivity index (χ1v) is 15.8. The van der Waals surface area contributed by atoms with E-state index in [0.717, 1.165) is 44.1 Å². The summed E-state index contributed by atoms with van der Waals surface area (Å²) in [5.41, 5.74) is 1.70. The Bertz CT molecular complexity index is 1130. The Kier molecular flexibility index (Phi) is 11.4. The van der Waals surface area contributed by atoms with Crippen LogP contribution in [0.25, 0.3) is 0 Å². The second-order valence-corrected chi connectivity index (χ2v) is 13.2. The molecule has 1 atom stereocenters. The van der Waals surface area contributed by atoms with Gasteiger partial charge in [0.2, 0.25) is 11.8 Å². The minimum Gasteiger partial charge on any atom is -0.445 e. The lowest BCUT2D eigenvalue weighted by atomic mass is 9.83. The van der Waals surface area contributed by atoms with E-state index in [1.807, 2.05) is 62.1 Å². The monoisotopic (exact) mass is 575 g/mol. The highest BCUT2D eigenvalue weighted by molar-refractivity contribution is 5.88. The number of ether oxygens (including phenoxy) is 1. The molecule has 1 saturated carbocycles. The topological polar surface area (TPSA) is 79.0 Å². The van der Waals surface area contributed by atoms with Gasteiger partial charge in [-0.3, -0.25) is 9.59 Å². The molecule has 7 nitrogen and oxygen atoms in total. The molecule has 0 aromatic heterocycles.